The lowest BCUT2D eigenvalue weighted by molar-refractivity contribution is -0.642. The van der Waals surface area contributed by atoms with Crippen molar-refractivity contribution in [3.05, 3.63) is 42.6 Å². The van der Waals surface area contributed by atoms with Gasteiger partial charge in [0.15, 0.2) is 17.7 Å². The molecule has 1 heterocycles. The van der Waals surface area contributed by atoms with Crippen molar-refractivity contribution in [2.24, 2.45) is 7.05 Å². The number of rotatable bonds is 4. The number of hydrogen-bond donors (Lipinski definition) is 0. The number of aromatic nitrogens is 1. The Morgan fingerprint density at radius 1 is 0.630 bits per heavy atom. The van der Waals surface area contributed by atoms with E-state index in [2.05, 4.69) is 22.9 Å². The Bertz CT molecular complexity index is 1180. The Labute approximate surface area is 157 Å². The number of fused-ring (bicyclic) bond motifs is 5. The van der Waals surface area contributed by atoms with Gasteiger partial charge in [-0.15, -0.1) is 0 Å². The maximum absolute atomic E-state index is 5.60. The first-order valence-corrected chi connectivity index (χ1v) is 8.64. The van der Waals surface area contributed by atoms with Gasteiger partial charge in [-0.1, -0.05) is 6.07 Å². The van der Waals surface area contributed by atoms with Crippen molar-refractivity contribution in [3.63, 3.8) is 0 Å². The molecule has 0 aliphatic heterocycles. The van der Waals surface area contributed by atoms with E-state index >= 15 is 0 Å². The van der Waals surface area contributed by atoms with Gasteiger partial charge in [0.05, 0.1) is 44.6 Å². The van der Waals surface area contributed by atoms with Gasteiger partial charge in [-0.2, -0.15) is 4.57 Å². The number of hydrogen-bond acceptors (Lipinski definition) is 4. The Hall–Kier alpha value is -3.21. The average Bonchev–Trinajstić information content (AvgIpc) is 2.71. The number of nitrogens with zero attached hydrogens (tertiary/aromatic N) is 1. The molecule has 0 N–H and O–H groups in total. The van der Waals surface area contributed by atoms with Crippen LogP contribution in [0, 0.1) is 0 Å². The van der Waals surface area contributed by atoms with Crippen LogP contribution >= 0.6 is 0 Å². The molecule has 3 aromatic carbocycles. The molecule has 0 aliphatic carbocycles. The van der Waals surface area contributed by atoms with E-state index in [4.69, 9.17) is 18.9 Å². The molecule has 4 aromatic rings. The molecular formula is C22H22NO4+. The maximum atomic E-state index is 5.60. The smallest absolute Gasteiger partial charge is 0.220 e. The van der Waals surface area contributed by atoms with Crippen LogP contribution in [-0.2, 0) is 7.05 Å². The third-order valence-corrected chi connectivity index (χ3v) is 5.03. The van der Waals surface area contributed by atoms with Crippen LogP contribution in [0.4, 0.5) is 0 Å². The van der Waals surface area contributed by atoms with Crippen LogP contribution in [0.5, 0.6) is 23.0 Å². The van der Waals surface area contributed by atoms with E-state index in [9.17, 15) is 0 Å². The lowest BCUT2D eigenvalue weighted by atomic mass is 10.00. The lowest BCUT2D eigenvalue weighted by Gasteiger charge is -2.12. The second-order valence-corrected chi connectivity index (χ2v) is 6.42. The summed E-state index contributed by atoms with van der Waals surface area (Å²) < 4.78 is 24.2. The van der Waals surface area contributed by atoms with Gasteiger partial charge in [-0.25, -0.2) is 0 Å². The fourth-order valence-electron chi connectivity index (χ4n) is 3.73. The topological polar surface area (TPSA) is 40.8 Å². The van der Waals surface area contributed by atoms with Gasteiger partial charge in [-0.05, 0) is 29.7 Å². The van der Waals surface area contributed by atoms with Crippen molar-refractivity contribution >= 4 is 32.4 Å². The van der Waals surface area contributed by atoms with E-state index in [-0.39, 0.29) is 0 Å². The summed E-state index contributed by atoms with van der Waals surface area (Å²) in [5.41, 5.74) is 1.11. The standard InChI is InChI=1S/C22H22NO4/c1-23-12-18-17(9-14(24-2)10-19(18)25-3)15-7-6-13-8-20(26-4)21(27-5)11-16(13)22(15)23/h6-12H,1-5H3/q+1. The SMILES string of the molecule is COc1cc(OC)c2c[n+](C)c3c4cc(OC)c(OC)cc4ccc3c2c1. The van der Waals surface area contributed by atoms with Crippen molar-refractivity contribution in [2.75, 3.05) is 28.4 Å². The van der Waals surface area contributed by atoms with Gasteiger partial charge >= 0.3 is 0 Å². The summed E-state index contributed by atoms with van der Waals surface area (Å²) in [6.45, 7) is 0. The number of methoxy groups -OCH3 is 4. The fourth-order valence-corrected chi connectivity index (χ4v) is 3.73. The summed E-state index contributed by atoms with van der Waals surface area (Å²) in [4.78, 5) is 0. The zero-order chi connectivity index (χ0) is 19.1. The summed E-state index contributed by atoms with van der Waals surface area (Å²) in [6, 6.07) is 12.2. The van der Waals surface area contributed by atoms with Crippen molar-refractivity contribution in [1.29, 1.82) is 0 Å². The van der Waals surface area contributed by atoms with Crippen LogP contribution in [0.25, 0.3) is 32.4 Å². The van der Waals surface area contributed by atoms with Gasteiger partial charge in [0.1, 0.15) is 18.5 Å². The molecule has 5 heteroatoms. The minimum atomic E-state index is 0.709. The van der Waals surface area contributed by atoms with E-state index in [1.54, 1.807) is 28.4 Å². The van der Waals surface area contributed by atoms with Crippen molar-refractivity contribution < 1.29 is 23.5 Å². The molecule has 0 atom stereocenters. The molecule has 0 saturated carbocycles. The molecule has 0 radical (unpaired) electrons. The highest BCUT2D eigenvalue weighted by atomic mass is 16.5. The molecule has 1 aromatic heterocycles. The van der Waals surface area contributed by atoms with Crippen LogP contribution < -0.4 is 23.5 Å². The first-order valence-electron chi connectivity index (χ1n) is 8.64. The molecule has 5 nitrogen and oxygen atoms in total. The van der Waals surface area contributed by atoms with E-state index < -0.39 is 0 Å². The van der Waals surface area contributed by atoms with Gasteiger partial charge in [0.25, 0.3) is 0 Å². The molecule has 0 amide bonds. The van der Waals surface area contributed by atoms with Gasteiger partial charge in [0, 0.05) is 11.5 Å². The minimum absolute atomic E-state index is 0.709. The van der Waals surface area contributed by atoms with Crippen molar-refractivity contribution in [2.45, 2.75) is 0 Å². The van der Waals surface area contributed by atoms with Crippen LogP contribution in [0.1, 0.15) is 0 Å². The minimum Gasteiger partial charge on any atom is -0.497 e. The molecular weight excluding hydrogens is 342 g/mol. The Kier molecular flexibility index (Phi) is 4.15. The highest BCUT2D eigenvalue weighted by Crippen LogP contribution is 2.39. The lowest BCUT2D eigenvalue weighted by Crippen LogP contribution is -2.28. The van der Waals surface area contributed by atoms with E-state index in [0.717, 1.165) is 49.7 Å². The second-order valence-electron chi connectivity index (χ2n) is 6.42. The molecule has 0 fully saturated rings. The number of benzene rings is 3. The molecule has 0 unspecified atom stereocenters. The zero-order valence-electron chi connectivity index (χ0n) is 16.1. The van der Waals surface area contributed by atoms with Gasteiger partial charge in [0.2, 0.25) is 5.52 Å². The van der Waals surface area contributed by atoms with E-state index in [1.807, 2.05) is 31.3 Å². The average molecular weight is 364 g/mol. The van der Waals surface area contributed by atoms with Gasteiger partial charge in [-0.3, -0.25) is 0 Å². The molecule has 27 heavy (non-hydrogen) atoms. The maximum Gasteiger partial charge on any atom is 0.220 e. The summed E-state index contributed by atoms with van der Waals surface area (Å²) in [5, 5.41) is 5.41. The molecule has 0 aliphatic rings. The van der Waals surface area contributed by atoms with Crippen LogP contribution in [0.3, 0.4) is 0 Å². The summed E-state index contributed by atoms with van der Waals surface area (Å²) in [6.07, 6.45) is 2.09. The summed E-state index contributed by atoms with van der Waals surface area (Å²) >= 11 is 0. The third-order valence-electron chi connectivity index (χ3n) is 5.03. The molecule has 138 valence electrons. The van der Waals surface area contributed by atoms with Crippen molar-refractivity contribution in [1.82, 2.24) is 0 Å². The van der Waals surface area contributed by atoms with Crippen molar-refractivity contribution in [3.8, 4) is 23.0 Å². The number of pyridine rings is 1. The zero-order valence-corrected chi connectivity index (χ0v) is 16.1. The first kappa shape index (κ1) is 17.2. The second kappa shape index (κ2) is 6.50. The predicted molar refractivity (Wildman–Crippen MR) is 106 cm³/mol. The van der Waals surface area contributed by atoms with Gasteiger partial charge < -0.3 is 18.9 Å². The molecule has 0 saturated heterocycles. The molecule has 0 spiro atoms. The normalized spacial score (nSPS) is 11.1. The highest BCUT2D eigenvalue weighted by Gasteiger charge is 2.19. The van der Waals surface area contributed by atoms with E-state index in [0.29, 0.717) is 5.75 Å². The van der Waals surface area contributed by atoms with E-state index in [1.165, 1.54) is 0 Å². The highest BCUT2D eigenvalue weighted by molar-refractivity contribution is 6.15. The Morgan fingerprint density at radius 2 is 1.33 bits per heavy atom. The van der Waals surface area contributed by atoms with Crippen LogP contribution in [0.2, 0.25) is 0 Å². The Morgan fingerprint density at radius 3 is 2.00 bits per heavy atom. The Balaban J connectivity index is 2.19. The summed E-state index contributed by atoms with van der Waals surface area (Å²) in [7, 11) is 8.69. The van der Waals surface area contributed by atoms with Crippen LogP contribution in [0.15, 0.2) is 42.6 Å². The van der Waals surface area contributed by atoms with Crippen LogP contribution in [-0.4, -0.2) is 28.4 Å². The number of ether oxygens (including phenoxy) is 4. The number of aryl methyl sites for hydroxylation is 1. The summed E-state index contributed by atoms with van der Waals surface area (Å²) in [5.74, 6) is 2.98. The quantitative estimate of drug-likeness (QED) is 0.405. The largest absolute Gasteiger partial charge is 0.497 e. The third kappa shape index (κ3) is 2.58. The molecule has 0 bridgehead atoms. The monoisotopic (exact) mass is 364 g/mol. The fraction of sp³-hybridized carbons (Fsp3) is 0.227. The first-order chi connectivity index (χ1) is 13.1. The predicted octanol–water partition coefficient (Wildman–Crippen LogP) is 4.01. The molecule has 4 rings (SSSR count).